The number of halogens is 1. The number of rotatable bonds is 6. The van der Waals surface area contributed by atoms with Crippen molar-refractivity contribution >= 4 is 45.5 Å². The van der Waals surface area contributed by atoms with Crippen LogP contribution < -0.4 is 10.1 Å². The van der Waals surface area contributed by atoms with Crippen LogP contribution in [-0.2, 0) is 13.0 Å². The van der Waals surface area contributed by atoms with Crippen LogP contribution in [-0.4, -0.2) is 4.99 Å². The van der Waals surface area contributed by atoms with Crippen molar-refractivity contribution in [2.45, 2.75) is 40.2 Å². The molecule has 1 N–H and O–H groups in total. The maximum absolute atomic E-state index is 6.05. The van der Waals surface area contributed by atoms with Crippen LogP contribution in [0.25, 0.3) is 0 Å². The van der Waals surface area contributed by atoms with Gasteiger partial charge in [-0.05, 0) is 77.7 Å². The number of thiocarbonyl (C=S) groups is 1. The van der Waals surface area contributed by atoms with Crippen LogP contribution in [0.5, 0.6) is 5.75 Å². The van der Waals surface area contributed by atoms with E-state index in [0.717, 1.165) is 34.8 Å². The molecule has 122 valence electrons. The van der Waals surface area contributed by atoms with Gasteiger partial charge in [-0.15, -0.1) is 0 Å². The van der Waals surface area contributed by atoms with Gasteiger partial charge in [-0.1, -0.05) is 38.2 Å². The Hall–Kier alpha value is -1.14. The first-order valence-corrected chi connectivity index (χ1v) is 9.32. The molecule has 0 aliphatic heterocycles. The standard InChI is InChI=1S/C19H22INOS/c1-4-14-6-9-18(13(3)10-14)22-12-15-11-16(20)7-8-17(15)21-19(23)5-2/h6-11H,4-5,12H2,1-3H3,(H,21,23). The predicted octanol–water partition coefficient (Wildman–Crippen LogP) is 5.89. The molecule has 2 aromatic rings. The smallest absolute Gasteiger partial charge is 0.122 e. The van der Waals surface area contributed by atoms with Crippen LogP contribution in [0.4, 0.5) is 5.69 Å². The van der Waals surface area contributed by atoms with Gasteiger partial charge in [0.25, 0.3) is 0 Å². The summed E-state index contributed by atoms with van der Waals surface area (Å²) in [6, 6.07) is 12.7. The maximum Gasteiger partial charge on any atom is 0.122 e. The molecule has 4 heteroatoms. The summed E-state index contributed by atoms with van der Waals surface area (Å²) >= 11 is 7.62. The summed E-state index contributed by atoms with van der Waals surface area (Å²) < 4.78 is 7.23. The first-order chi connectivity index (χ1) is 11.0. The van der Waals surface area contributed by atoms with Crippen LogP contribution in [0.1, 0.15) is 37.0 Å². The number of benzene rings is 2. The average molecular weight is 439 g/mol. The molecule has 0 aliphatic rings. The number of aryl methyl sites for hydroxylation is 2. The molecule has 0 unspecified atom stereocenters. The van der Waals surface area contributed by atoms with Crippen molar-refractivity contribution in [1.29, 1.82) is 0 Å². The molecule has 0 spiro atoms. The van der Waals surface area contributed by atoms with Gasteiger partial charge in [-0.2, -0.15) is 0 Å². The van der Waals surface area contributed by atoms with E-state index in [9.17, 15) is 0 Å². The molecule has 0 aliphatic carbocycles. The Labute approximate surface area is 157 Å². The third kappa shape index (κ3) is 5.18. The molecular weight excluding hydrogens is 417 g/mol. The highest BCUT2D eigenvalue weighted by Gasteiger charge is 2.07. The fourth-order valence-corrected chi connectivity index (χ4v) is 2.96. The Kier molecular flexibility index (Phi) is 6.84. The number of nitrogens with one attached hydrogen (secondary N) is 1. The number of hydrogen-bond acceptors (Lipinski definition) is 2. The van der Waals surface area contributed by atoms with Gasteiger partial charge in [0.05, 0.1) is 4.99 Å². The van der Waals surface area contributed by atoms with Crippen molar-refractivity contribution in [3.63, 3.8) is 0 Å². The SMILES string of the molecule is CCC(=S)Nc1ccc(I)cc1COc1ccc(CC)cc1C. The van der Waals surface area contributed by atoms with E-state index in [1.54, 1.807) is 0 Å². The Balaban J connectivity index is 2.16. The molecule has 0 aromatic heterocycles. The summed E-state index contributed by atoms with van der Waals surface area (Å²) in [5.41, 5.74) is 4.65. The second-order valence-electron chi connectivity index (χ2n) is 5.45. The Bertz CT molecular complexity index is 700. The van der Waals surface area contributed by atoms with Crippen molar-refractivity contribution in [2.75, 3.05) is 5.32 Å². The van der Waals surface area contributed by atoms with E-state index >= 15 is 0 Å². The van der Waals surface area contributed by atoms with Crippen molar-refractivity contribution < 1.29 is 4.74 Å². The Morgan fingerprint density at radius 2 is 1.96 bits per heavy atom. The molecule has 2 nitrogen and oxygen atoms in total. The van der Waals surface area contributed by atoms with Crippen molar-refractivity contribution in [2.24, 2.45) is 0 Å². The molecule has 0 radical (unpaired) electrons. The van der Waals surface area contributed by atoms with Gasteiger partial charge in [-0.25, -0.2) is 0 Å². The third-order valence-corrected chi connectivity index (χ3v) is 4.75. The molecule has 0 saturated heterocycles. The highest BCUT2D eigenvalue weighted by atomic mass is 127. The van der Waals surface area contributed by atoms with Crippen LogP contribution in [0, 0.1) is 10.5 Å². The molecular formula is C19H22INOS. The normalized spacial score (nSPS) is 10.4. The molecule has 0 atom stereocenters. The van der Waals surface area contributed by atoms with Crippen molar-refractivity contribution in [3.8, 4) is 5.75 Å². The van der Waals surface area contributed by atoms with Crippen molar-refractivity contribution in [3.05, 3.63) is 56.7 Å². The monoisotopic (exact) mass is 439 g/mol. The topological polar surface area (TPSA) is 21.3 Å². The lowest BCUT2D eigenvalue weighted by atomic mass is 10.1. The van der Waals surface area contributed by atoms with Gasteiger partial charge in [0.2, 0.25) is 0 Å². The highest BCUT2D eigenvalue weighted by molar-refractivity contribution is 14.1. The zero-order valence-corrected chi connectivity index (χ0v) is 16.8. The average Bonchev–Trinajstić information content (AvgIpc) is 2.55. The van der Waals surface area contributed by atoms with Gasteiger partial charge in [-0.3, -0.25) is 0 Å². The first kappa shape index (κ1) is 18.2. The van der Waals surface area contributed by atoms with Gasteiger partial charge in [0.15, 0.2) is 0 Å². The van der Waals surface area contributed by atoms with Gasteiger partial charge in [0.1, 0.15) is 12.4 Å². The van der Waals surface area contributed by atoms with Crippen LogP contribution in [0.3, 0.4) is 0 Å². The quantitative estimate of drug-likeness (QED) is 0.448. The number of hydrogen-bond donors (Lipinski definition) is 1. The second-order valence-corrected chi connectivity index (χ2v) is 7.18. The van der Waals surface area contributed by atoms with E-state index < -0.39 is 0 Å². The van der Waals surface area contributed by atoms with Crippen LogP contribution >= 0.6 is 34.8 Å². The second kappa shape index (κ2) is 8.64. The van der Waals surface area contributed by atoms with Crippen LogP contribution in [0.15, 0.2) is 36.4 Å². The molecule has 0 heterocycles. The fraction of sp³-hybridized carbons (Fsp3) is 0.316. The Morgan fingerprint density at radius 3 is 2.61 bits per heavy atom. The van der Waals surface area contributed by atoms with E-state index in [2.05, 4.69) is 85.1 Å². The summed E-state index contributed by atoms with van der Waals surface area (Å²) in [4.78, 5) is 0.843. The predicted molar refractivity (Wildman–Crippen MR) is 111 cm³/mol. The fourth-order valence-electron chi connectivity index (χ4n) is 2.29. The van der Waals surface area contributed by atoms with E-state index in [-0.39, 0.29) is 0 Å². The summed E-state index contributed by atoms with van der Waals surface area (Å²) in [6.07, 6.45) is 1.87. The molecule has 0 bridgehead atoms. The summed E-state index contributed by atoms with van der Waals surface area (Å²) in [5, 5.41) is 3.30. The van der Waals surface area contributed by atoms with E-state index in [1.807, 2.05) is 0 Å². The first-order valence-electron chi connectivity index (χ1n) is 7.84. The third-order valence-electron chi connectivity index (χ3n) is 3.69. The summed E-state index contributed by atoms with van der Waals surface area (Å²) in [6.45, 7) is 6.83. The number of ether oxygens (including phenoxy) is 1. The Morgan fingerprint density at radius 1 is 1.17 bits per heavy atom. The molecule has 23 heavy (non-hydrogen) atoms. The van der Waals surface area contributed by atoms with Gasteiger partial charge < -0.3 is 10.1 Å². The minimum absolute atomic E-state index is 0.526. The van der Waals surface area contributed by atoms with Gasteiger partial charge >= 0.3 is 0 Å². The minimum atomic E-state index is 0.526. The van der Waals surface area contributed by atoms with Gasteiger partial charge in [0, 0.05) is 14.8 Å². The lowest BCUT2D eigenvalue weighted by molar-refractivity contribution is 0.304. The van der Waals surface area contributed by atoms with Crippen molar-refractivity contribution in [1.82, 2.24) is 0 Å². The lowest BCUT2D eigenvalue weighted by Gasteiger charge is -2.15. The zero-order chi connectivity index (χ0) is 16.8. The van der Waals surface area contributed by atoms with E-state index in [4.69, 9.17) is 17.0 Å². The molecule has 2 rings (SSSR count). The maximum atomic E-state index is 6.05. The largest absolute Gasteiger partial charge is 0.489 e. The molecule has 2 aromatic carbocycles. The summed E-state index contributed by atoms with van der Waals surface area (Å²) in [5.74, 6) is 0.935. The number of anilines is 1. The minimum Gasteiger partial charge on any atom is -0.489 e. The van der Waals surface area contributed by atoms with E-state index in [1.165, 1.54) is 14.7 Å². The lowest BCUT2D eigenvalue weighted by Crippen LogP contribution is -2.10. The van der Waals surface area contributed by atoms with E-state index in [0.29, 0.717) is 6.61 Å². The highest BCUT2D eigenvalue weighted by Crippen LogP contribution is 2.24. The molecule has 0 saturated carbocycles. The van der Waals surface area contributed by atoms with Crippen LogP contribution in [0.2, 0.25) is 0 Å². The summed E-state index contributed by atoms with van der Waals surface area (Å²) in [7, 11) is 0. The zero-order valence-electron chi connectivity index (χ0n) is 13.8. The molecule has 0 amide bonds. The molecule has 0 fully saturated rings.